The maximum absolute atomic E-state index is 12.9. The van der Waals surface area contributed by atoms with Crippen LogP contribution in [0.15, 0.2) is 23.8 Å². The van der Waals surface area contributed by atoms with Gasteiger partial charge in [-0.1, -0.05) is 156 Å². The molecule has 2 nitrogen and oxygen atoms in total. The maximum Gasteiger partial charge on any atom is 0.306 e. The standard InChI is InChI=1S/C49H86O2/c1-8-9-10-11-12-13-14-15-16-17-18-19-20-21-22-23-24-25-26-47(50)51-42-33-35-48(6)41(37-42)29-30-43-45-32-31-44(49(45,7)36-34-46(43)48)40(5)28-27-39(4)38(2)3/h18-19,29,38-40,42-46H,8-17,20-28,30-37H2,1-7H3/b19-18+. The van der Waals surface area contributed by atoms with Crippen LogP contribution >= 0.6 is 0 Å². The van der Waals surface area contributed by atoms with E-state index in [4.69, 9.17) is 4.74 Å². The van der Waals surface area contributed by atoms with Gasteiger partial charge in [0.1, 0.15) is 6.10 Å². The summed E-state index contributed by atoms with van der Waals surface area (Å²) in [5.74, 6) is 6.08. The molecule has 4 aliphatic rings. The lowest BCUT2D eigenvalue weighted by atomic mass is 9.47. The third kappa shape index (κ3) is 12.2. The molecule has 4 aliphatic carbocycles. The molecule has 3 fully saturated rings. The van der Waals surface area contributed by atoms with Gasteiger partial charge in [0.15, 0.2) is 0 Å². The number of rotatable bonds is 24. The predicted octanol–water partition coefficient (Wildman–Crippen LogP) is 15.4. The number of ether oxygens (including phenoxy) is 1. The molecule has 0 heterocycles. The van der Waals surface area contributed by atoms with E-state index in [0.29, 0.717) is 17.3 Å². The highest BCUT2D eigenvalue weighted by atomic mass is 16.5. The molecular weight excluding hydrogens is 621 g/mol. The van der Waals surface area contributed by atoms with Crippen LogP contribution in [-0.2, 0) is 9.53 Å². The Kier molecular flexibility index (Phi) is 18.2. The monoisotopic (exact) mass is 707 g/mol. The summed E-state index contributed by atoms with van der Waals surface area (Å²) in [7, 11) is 0. The van der Waals surface area contributed by atoms with Crippen molar-refractivity contribution in [2.45, 2.75) is 228 Å². The number of carbonyl (C=O) groups is 1. The van der Waals surface area contributed by atoms with Crippen LogP contribution in [0.3, 0.4) is 0 Å². The summed E-state index contributed by atoms with van der Waals surface area (Å²) in [6.07, 6.45) is 42.4. The van der Waals surface area contributed by atoms with E-state index in [0.717, 1.165) is 67.1 Å². The van der Waals surface area contributed by atoms with Gasteiger partial charge in [0.2, 0.25) is 0 Å². The number of fused-ring (bicyclic) bond motifs is 5. The molecule has 4 rings (SSSR count). The lowest BCUT2D eigenvalue weighted by Gasteiger charge is -2.58. The lowest BCUT2D eigenvalue weighted by Crippen LogP contribution is -2.51. The van der Waals surface area contributed by atoms with Gasteiger partial charge in [0.05, 0.1) is 0 Å². The first-order valence-electron chi connectivity index (χ1n) is 23.1. The highest BCUT2D eigenvalue weighted by Gasteiger charge is 2.59. The zero-order valence-corrected chi connectivity index (χ0v) is 35.3. The average Bonchev–Trinajstić information content (AvgIpc) is 3.47. The Morgan fingerprint density at radius 3 is 2.04 bits per heavy atom. The van der Waals surface area contributed by atoms with Crippen molar-refractivity contribution >= 4 is 5.97 Å². The van der Waals surface area contributed by atoms with Gasteiger partial charge < -0.3 is 4.74 Å². The van der Waals surface area contributed by atoms with Gasteiger partial charge in [0.25, 0.3) is 0 Å². The molecule has 0 aliphatic heterocycles. The van der Waals surface area contributed by atoms with Crippen LogP contribution in [-0.4, -0.2) is 12.1 Å². The van der Waals surface area contributed by atoms with Gasteiger partial charge in [-0.3, -0.25) is 4.79 Å². The molecule has 0 aromatic carbocycles. The van der Waals surface area contributed by atoms with Crippen molar-refractivity contribution in [3.63, 3.8) is 0 Å². The molecule has 9 atom stereocenters. The van der Waals surface area contributed by atoms with E-state index in [1.807, 2.05) is 0 Å². The number of unbranched alkanes of at least 4 members (excludes halogenated alkanes) is 14. The summed E-state index contributed by atoms with van der Waals surface area (Å²) in [5, 5.41) is 0. The smallest absolute Gasteiger partial charge is 0.306 e. The normalized spacial score (nSPS) is 31.6. The summed E-state index contributed by atoms with van der Waals surface area (Å²) in [4.78, 5) is 12.9. The molecule has 0 saturated heterocycles. The third-order valence-corrected chi connectivity index (χ3v) is 15.7. The molecule has 0 aromatic heterocycles. The lowest BCUT2D eigenvalue weighted by molar-refractivity contribution is -0.151. The minimum Gasteiger partial charge on any atom is -0.462 e. The fraction of sp³-hybridized carbons (Fsp3) is 0.898. The van der Waals surface area contributed by atoms with E-state index < -0.39 is 0 Å². The number of carbonyl (C=O) groups excluding carboxylic acids is 1. The van der Waals surface area contributed by atoms with Gasteiger partial charge in [-0.05, 0) is 129 Å². The third-order valence-electron chi connectivity index (χ3n) is 15.7. The van der Waals surface area contributed by atoms with Gasteiger partial charge in [-0.2, -0.15) is 0 Å². The molecule has 0 radical (unpaired) electrons. The minimum atomic E-state index is 0.0552. The first-order valence-corrected chi connectivity index (χ1v) is 23.1. The summed E-state index contributed by atoms with van der Waals surface area (Å²) in [6, 6.07) is 0. The van der Waals surface area contributed by atoms with E-state index in [1.165, 1.54) is 141 Å². The van der Waals surface area contributed by atoms with Gasteiger partial charge in [-0.15, -0.1) is 0 Å². The van der Waals surface area contributed by atoms with Crippen LogP contribution in [0.4, 0.5) is 0 Å². The summed E-state index contributed by atoms with van der Waals surface area (Å²) >= 11 is 0. The van der Waals surface area contributed by atoms with Crippen LogP contribution in [0.25, 0.3) is 0 Å². The SMILES string of the molecule is CCCCCCCCCCC/C=C/CCCCCCCC(=O)OC1CCC2(C)C(=CCC3C2CCC2(C)C(C(C)CCC(C)C(C)C)CCC32)C1. The van der Waals surface area contributed by atoms with Crippen molar-refractivity contribution in [1.82, 2.24) is 0 Å². The Bertz CT molecular complexity index is 1050. The summed E-state index contributed by atoms with van der Waals surface area (Å²) in [6.45, 7) is 17.5. The number of hydrogen-bond donors (Lipinski definition) is 0. The quantitative estimate of drug-likeness (QED) is 0.0567. The Morgan fingerprint density at radius 1 is 0.765 bits per heavy atom. The molecule has 0 amide bonds. The molecular formula is C49H86O2. The molecule has 0 N–H and O–H groups in total. The van der Waals surface area contributed by atoms with Crippen LogP contribution in [0, 0.1) is 52.3 Å². The molecule has 2 heteroatoms. The number of hydrogen-bond acceptors (Lipinski definition) is 2. The fourth-order valence-electron chi connectivity index (χ4n) is 11.9. The Morgan fingerprint density at radius 2 is 1.39 bits per heavy atom. The Labute approximate surface area is 318 Å². The average molecular weight is 707 g/mol. The van der Waals surface area contributed by atoms with Crippen molar-refractivity contribution in [2.24, 2.45) is 52.3 Å². The first kappa shape index (κ1) is 42.7. The van der Waals surface area contributed by atoms with Gasteiger partial charge in [0, 0.05) is 12.8 Å². The largest absolute Gasteiger partial charge is 0.462 e. The zero-order valence-electron chi connectivity index (χ0n) is 35.3. The molecule has 9 unspecified atom stereocenters. The predicted molar refractivity (Wildman–Crippen MR) is 221 cm³/mol. The van der Waals surface area contributed by atoms with E-state index >= 15 is 0 Å². The minimum absolute atomic E-state index is 0.0552. The number of allylic oxidation sites excluding steroid dienone is 3. The Hall–Kier alpha value is -1.05. The van der Waals surface area contributed by atoms with Crippen LogP contribution in [0.2, 0.25) is 0 Å². The van der Waals surface area contributed by atoms with E-state index in [2.05, 4.69) is 66.7 Å². The molecule has 3 saturated carbocycles. The van der Waals surface area contributed by atoms with Crippen molar-refractivity contribution < 1.29 is 9.53 Å². The summed E-state index contributed by atoms with van der Waals surface area (Å²) < 4.78 is 6.15. The second kappa shape index (κ2) is 21.7. The fourth-order valence-corrected chi connectivity index (χ4v) is 11.9. The van der Waals surface area contributed by atoms with E-state index in [1.54, 1.807) is 5.57 Å². The second-order valence-electron chi connectivity index (χ2n) is 19.5. The summed E-state index contributed by atoms with van der Waals surface area (Å²) in [5.41, 5.74) is 2.51. The zero-order chi connectivity index (χ0) is 36.7. The molecule has 294 valence electrons. The van der Waals surface area contributed by atoms with Crippen molar-refractivity contribution in [3.05, 3.63) is 23.8 Å². The van der Waals surface area contributed by atoms with E-state index in [-0.39, 0.29) is 12.1 Å². The number of esters is 1. The molecule has 0 bridgehead atoms. The molecule has 51 heavy (non-hydrogen) atoms. The molecule has 0 spiro atoms. The second-order valence-corrected chi connectivity index (χ2v) is 19.5. The van der Waals surface area contributed by atoms with E-state index in [9.17, 15) is 4.79 Å². The van der Waals surface area contributed by atoms with Crippen LogP contribution < -0.4 is 0 Å². The van der Waals surface area contributed by atoms with Crippen molar-refractivity contribution in [2.75, 3.05) is 0 Å². The van der Waals surface area contributed by atoms with Crippen molar-refractivity contribution in [3.8, 4) is 0 Å². The van der Waals surface area contributed by atoms with Crippen LogP contribution in [0.5, 0.6) is 0 Å². The highest BCUT2D eigenvalue weighted by Crippen LogP contribution is 2.67. The molecule has 0 aromatic rings. The Balaban J connectivity index is 1.07. The van der Waals surface area contributed by atoms with Gasteiger partial charge >= 0.3 is 5.97 Å². The maximum atomic E-state index is 12.9. The van der Waals surface area contributed by atoms with Gasteiger partial charge in [-0.25, -0.2) is 0 Å². The van der Waals surface area contributed by atoms with Crippen LogP contribution in [0.1, 0.15) is 222 Å². The topological polar surface area (TPSA) is 26.3 Å². The first-order chi connectivity index (χ1) is 24.6. The van der Waals surface area contributed by atoms with Crippen molar-refractivity contribution in [1.29, 1.82) is 0 Å². The highest BCUT2D eigenvalue weighted by molar-refractivity contribution is 5.69.